The number of nitrogens with zero attached hydrogens (tertiary/aromatic N) is 3. The molecule has 0 radical (unpaired) electrons. The molecular formula is C33H47N3O5S. The zero-order valence-corrected chi connectivity index (χ0v) is 27.6. The molecule has 2 aliphatic heterocycles. The first-order valence-corrected chi connectivity index (χ1v) is 16.4. The second kappa shape index (κ2) is 12.0. The average molecular weight is 598 g/mol. The first-order chi connectivity index (χ1) is 19.6. The highest BCUT2D eigenvalue weighted by Crippen LogP contribution is 2.40. The molecule has 2 aromatic carbocycles. The summed E-state index contributed by atoms with van der Waals surface area (Å²) in [6.45, 7) is 16.9. The van der Waals surface area contributed by atoms with Crippen LogP contribution in [0.4, 0.5) is 0 Å². The number of hydrogen-bond donors (Lipinski definition) is 0. The molecule has 2 aromatic rings. The minimum Gasteiger partial charge on any atom is -0.493 e. The third-order valence-electron chi connectivity index (χ3n) is 8.65. The van der Waals surface area contributed by atoms with Crippen molar-refractivity contribution in [2.24, 2.45) is 10.5 Å². The summed E-state index contributed by atoms with van der Waals surface area (Å²) < 4.78 is 41.0. The second-order valence-corrected chi connectivity index (χ2v) is 14.8. The molecule has 42 heavy (non-hydrogen) atoms. The van der Waals surface area contributed by atoms with E-state index in [-0.39, 0.29) is 23.8 Å². The number of piperidine rings is 1. The summed E-state index contributed by atoms with van der Waals surface area (Å²) in [7, 11) is -0.576. The van der Waals surface area contributed by atoms with Crippen LogP contribution in [-0.4, -0.2) is 62.7 Å². The van der Waals surface area contributed by atoms with Gasteiger partial charge in [0.05, 0.1) is 36.3 Å². The number of ether oxygens (including phenoxy) is 2. The molecule has 1 amide bonds. The Morgan fingerprint density at radius 1 is 0.857 bits per heavy atom. The Kier molecular flexibility index (Phi) is 9.14. The predicted molar refractivity (Wildman–Crippen MR) is 167 cm³/mol. The van der Waals surface area contributed by atoms with Crippen LogP contribution in [0.15, 0.2) is 40.3 Å². The van der Waals surface area contributed by atoms with E-state index in [9.17, 15) is 13.2 Å². The smallest absolute Gasteiger partial charge is 0.254 e. The SMILES string of the molecule is COc1ccc(C2=NN(C3CCN(S(=O)(=O)c4c(C(C)C)cc(C(C)C)cc4C(C)C)CC3)C(=O)C2(C)C)cc1OC. The van der Waals surface area contributed by atoms with Crippen molar-refractivity contribution in [2.75, 3.05) is 27.3 Å². The number of hydrogen-bond acceptors (Lipinski definition) is 6. The van der Waals surface area contributed by atoms with Gasteiger partial charge in [-0.05, 0) is 79.3 Å². The second-order valence-electron chi connectivity index (χ2n) is 12.9. The molecule has 2 heterocycles. The van der Waals surface area contributed by atoms with Gasteiger partial charge in [0.15, 0.2) is 11.5 Å². The molecular weight excluding hydrogens is 550 g/mol. The normalized spacial score (nSPS) is 18.4. The van der Waals surface area contributed by atoms with Crippen LogP contribution in [0.25, 0.3) is 0 Å². The maximum atomic E-state index is 14.3. The molecule has 0 bridgehead atoms. The van der Waals surface area contributed by atoms with Gasteiger partial charge in [-0.1, -0.05) is 53.7 Å². The van der Waals surface area contributed by atoms with Crippen molar-refractivity contribution < 1.29 is 22.7 Å². The largest absolute Gasteiger partial charge is 0.493 e. The Bertz CT molecular complexity index is 1440. The molecule has 2 aliphatic rings. The molecule has 9 heteroatoms. The zero-order valence-electron chi connectivity index (χ0n) is 26.8. The number of carbonyl (C=O) groups is 1. The average Bonchev–Trinajstić information content (AvgIpc) is 3.19. The van der Waals surface area contributed by atoms with Crippen LogP contribution in [0, 0.1) is 5.41 Å². The summed E-state index contributed by atoms with van der Waals surface area (Å²) in [5.41, 5.74) is 3.55. The lowest BCUT2D eigenvalue weighted by Crippen LogP contribution is -2.47. The monoisotopic (exact) mass is 597 g/mol. The molecule has 0 N–H and O–H groups in total. The number of carbonyl (C=O) groups excluding carboxylic acids is 1. The molecule has 0 atom stereocenters. The van der Waals surface area contributed by atoms with Crippen molar-refractivity contribution >= 4 is 21.6 Å². The number of sulfonamides is 1. The predicted octanol–water partition coefficient (Wildman–Crippen LogP) is 6.50. The summed E-state index contributed by atoms with van der Waals surface area (Å²) in [6, 6.07) is 9.52. The fourth-order valence-corrected chi connectivity index (χ4v) is 8.09. The van der Waals surface area contributed by atoms with Gasteiger partial charge in [-0.3, -0.25) is 4.79 Å². The van der Waals surface area contributed by atoms with Crippen LogP contribution >= 0.6 is 0 Å². The van der Waals surface area contributed by atoms with Gasteiger partial charge < -0.3 is 9.47 Å². The lowest BCUT2D eigenvalue weighted by atomic mass is 9.83. The van der Waals surface area contributed by atoms with Gasteiger partial charge in [0.1, 0.15) is 0 Å². The van der Waals surface area contributed by atoms with Crippen LogP contribution in [0.2, 0.25) is 0 Å². The van der Waals surface area contributed by atoms with Crippen LogP contribution in [-0.2, 0) is 14.8 Å². The van der Waals surface area contributed by atoms with E-state index in [2.05, 4.69) is 53.7 Å². The molecule has 0 unspecified atom stereocenters. The molecule has 8 nitrogen and oxygen atoms in total. The standard InChI is InChI=1S/C33H47N3O5S/c1-20(2)24-17-26(21(3)4)30(27(18-24)22(5)6)42(38,39)35-15-13-25(14-16-35)36-32(37)33(7,8)31(34-36)23-11-12-28(40-9)29(19-23)41-10/h11-12,17-22,25H,13-16H2,1-10H3. The van der Waals surface area contributed by atoms with Crippen LogP contribution in [0.3, 0.4) is 0 Å². The minimum atomic E-state index is -3.74. The molecule has 1 fully saturated rings. The van der Waals surface area contributed by atoms with Crippen LogP contribution < -0.4 is 9.47 Å². The quantitative estimate of drug-likeness (QED) is 0.329. The van der Waals surface area contributed by atoms with E-state index in [0.29, 0.717) is 54.0 Å². The summed E-state index contributed by atoms with van der Waals surface area (Å²) in [5.74, 6) is 1.53. The number of benzene rings is 2. The Morgan fingerprint density at radius 2 is 1.40 bits per heavy atom. The van der Waals surface area contributed by atoms with E-state index in [4.69, 9.17) is 14.6 Å². The van der Waals surface area contributed by atoms with Crippen LogP contribution in [0.5, 0.6) is 11.5 Å². The van der Waals surface area contributed by atoms with Crippen molar-refractivity contribution in [3.8, 4) is 11.5 Å². The highest BCUT2D eigenvalue weighted by atomic mass is 32.2. The van der Waals surface area contributed by atoms with Crippen molar-refractivity contribution in [3.05, 3.63) is 52.6 Å². The summed E-state index contributed by atoms with van der Waals surface area (Å²) in [4.78, 5) is 14.1. The Balaban J connectivity index is 1.62. The van der Waals surface area contributed by atoms with Gasteiger partial charge >= 0.3 is 0 Å². The molecule has 230 valence electrons. The van der Waals surface area contributed by atoms with Gasteiger partial charge in [-0.25, -0.2) is 13.4 Å². The number of hydrazone groups is 1. The maximum absolute atomic E-state index is 14.3. The zero-order chi connectivity index (χ0) is 31.1. The van der Waals surface area contributed by atoms with Crippen molar-refractivity contribution in [3.63, 3.8) is 0 Å². The Hall–Kier alpha value is -2.91. The highest BCUT2D eigenvalue weighted by molar-refractivity contribution is 7.89. The first kappa shape index (κ1) is 32.0. The lowest BCUT2D eigenvalue weighted by Gasteiger charge is -2.36. The van der Waals surface area contributed by atoms with Gasteiger partial charge in [-0.2, -0.15) is 9.41 Å². The van der Waals surface area contributed by atoms with Crippen LogP contribution in [0.1, 0.15) is 108 Å². The van der Waals surface area contributed by atoms with E-state index in [1.165, 1.54) is 5.56 Å². The van der Waals surface area contributed by atoms with E-state index in [1.807, 2.05) is 32.0 Å². The number of amides is 1. The fraction of sp³-hybridized carbons (Fsp3) is 0.576. The van der Waals surface area contributed by atoms with Crippen molar-refractivity contribution in [1.82, 2.24) is 9.31 Å². The summed E-state index contributed by atoms with van der Waals surface area (Å²) in [6.07, 6.45) is 1.03. The molecule has 1 saturated heterocycles. The Morgan fingerprint density at radius 3 is 1.88 bits per heavy atom. The molecule has 0 spiro atoms. The summed E-state index contributed by atoms with van der Waals surface area (Å²) in [5, 5.41) is 6.42. The fourth-order valence-electron chi connectivity index (χ4n) is 5.96. The Labute approximate surface area is 252 Å². The van der Waals surface area contributed by atoms with E-state index in [1.54, 1.807) is 23.5 Å². The maximum Gasteiger partial charge on any atom is 0.254 e. The molecule has 0 aromatic heterocycles. The third-order valence-corrected chi connectivity index (χ3v) is 10.7. The van der Waals surface area contributed by atoms with E-state index >= 15 is 0 Å². The highest BCUT2D eigenvalue weighted by Gasteiger charge is 2.47. The van der Waals surface area contributed by atoms with E-state index in [0.717, 1.165) is 16.7 Å². The molecule has 4 rings (SSSR count). The van der Waals surface area contributed by atoms with Gasteiger partial charge in [0, 0.05) is 18.7 Å². The van der Waals surface area contributed by atoms with Crippen molar-refractivity contribution in [1.29, 1.82) is 0 Å². The third kappa shape index (κ3) is 5.70. The lowest BCUT2D eigenvalue weighted by molar-refractivity contribution is -0.137. The molecule has 0 saturated carbocycles. The van der Waals surface area contributed by atoms with Gasteiger partial charge in [0.25, 0.3) is 5.91 Å². The molecule has 0 aliphatic carbocycles. The summed E-state index contributed by atoms with van der Waals surface area (Å²) >= 11 is 0. The topological polar surface area (TPSA) is 88.5 Å². The first-order valence-electron chi connectivity index (χ1n) is 15.0. The minimum absolute atomic E-state index is 0.0669. The van der Waals surface area contributed by atoms with Gasteiger partial charge in [-0.15, -0.1) is 0 Å². The van der Waals surface area contributed by atoms with Gasteiger partial charge in [0.2, 0.25) is 10.0 Å². The number of rotatable bonds is 9. The van der Waals surface area contributed by atoms with Crippen molar-refractivity contribution in [2.45, 2.75) is 96.9 Å². The number of methoxy groups -OCH3 is 2. The van der Waals surface area contributed by atoms with E-state index < -0.39 is 15.4 Å².